The van der Waals surface area contributed by atoms with E-state index in [-0.39, 0.29) is 12.6 Å². The lowest BCUT2D eigenvalue weighted by molar-refractivity contribution is -0.298. The molecule has 0 heterocycles. The number of nitrogens with zero attached hydrogens (tertiary/aromatic N) is 2. The predicted molar refractivity (Wildman–Crippen MR) is 85.0 cm³/mol. The molecule has 0 rings (SSSR count). The van der Waals surface area contributed by atoms with E-state index in [9.17, 15) is 13.2 Å². The van der Waals surface area contributed by atoms with E-state index in [1.807, 2.05) is 20.8 Å². The second-order valence-electron chi connectivity index (χ2n) is 4.73. The molecule has 0 atom stereocenters. The number of aliphatic imine (C=N–C) groups is 2. The molecular formula is C15H22F3N3O2. The van der Waals surface area contributed by atoms with Crippen molar-refractivity contribution in [3.8, 4) is 0 Å². The van der Waals surface area contributed by atoms with Crippen LogP contribution < -0.4 is 5.32 Å². The maximum atomic E-state index is 11.7. The predicted octanol–water partition coefficient (Wildman–Crippen LogP) is 3.77. The van der Waals surface area contributed by atoms with E-state index >= 15 is 0 Å². The van der Waals surface area contributed by atoms with E-state index in [1.165, 1.54) is 12.3 Å². The van der Waals surface area contributed by atoms with Crippen LogP contribution in [-0.4, -0.2) is 32.3 Å². The summed E-state index contributed by atoms with van der Waals surface area (Å²) in [5, 5.41) is 2.79. The number of amidine groups is 1. The van der Waals surface area contributed by atoms with Gasteiger partial charge in [-0.3, -0.25) is 0 Å². The minimum atomic E-state index is -4.66. The molecule has 0 bridgehead atoms. The summed E-state index contributed by atoms with van der Waals surface area (Å²) < 4.78 is 43.8. The van der Waals surface area contributed by atoms with Crippen molar-refractivity contribution >= 4 is 12.2 Å². The fourth-order valence-electron chi connectivity index (χ4n) is 1.06. The minimum Gasteiger partial charge on any atom is -0.459 e. The first-order chi connectivity index (χ1) is 10.7. The normalized spacial score (nSPS) is 14.4. The Hall–Kier alpha value is -2.25. The quantitative estimate of drug-likeness (QED) is 0.334. The minimum absolute atomic E-state index is 0.286. The first kappa shape index (κ1) is 20.8. The Kier molecular flexibility index (Phi) is 10.2. The third kappa shape index (κ3) is 14.5. The van der Waals surface area contributed by atoms with Gasteiger partial charge in [0, 0.05) is 25.7 Å². The van der Waals surface area contributed by atoms with Crippen molar-refractivity contribution in [2.45, 2.75) is 27.1 Å². The van der Waals surface area contributed by atoms with Crippen LogP contribution >= 0.6 is 0 Å². The lowest BCUT2D eigenvalue weighted by Gasteiger charge is -2.05. The van der Waals surface area contributed by atoms with Crippen LogP contribution in [0.1, 0.15) is 20.8 Å². The zero-order chi connectivity index (χ0) is 17.7. The smallest absolute Gasteiger partial charge is 0.459 e. The van der Waals surface area contributed by atoms with E-state index < -0.39 is 6.36 Å². The van der Waals surface area contributed by atoms with E-state index in [2.05, 4.69) is 20.0 Å². The number of allylic oxidation sites excluding steroid dienone is 2. The number of hydrogen-bond acceptors (Lipinski definition) is 4. The van der Waals surface area contributed by atoms with Crippen molar-refractivity contribution in [1.82, 2.24) is 5.32 Å². The molecule has 1 N–H and O–H groups in total. The van der Waals surface area contributed by atoms with Gasteiger partial charge >= 0.3 is 12.4 Å². The van der Waals surface area contributed by atoms with Crippen LogP contribution in [0.15, 0.2) is 46.4 Å². The summed E-state index contributed by atoms with van der Waals surface area (Å²) >= 11 is 0. The zero-order valence-electron chi connectivity index (χ0n) is 13.6. The molecule has 8 heteroatoms. The molecule has 0 radical (unpaired) electrons. The zero-order valence-corrected chi connectivity index (χ0v) is 13.6. The van der Waals surface area contributed by atoms with Crippen LogP contribution in [0.5, 0.6) is 0 Å². The molecule has 130 valence electrons. The number of ether oxygens (including phenoxy) is 2. The number of hydrogen-bond donors (Lipinski definition) is 1. The molecule has 0 amide bonds. The van der Waals surface area contributed by atoms with Crippen molar-refractivity contribution < 1.29 is 22.6 Å². The molecule has 0 aliphatic rings. The average molecular weight is 333 g/mol. The number of rotatable bonds is 7. The summed E-state index contributed by atoms with van der Waals surface area (Å²) in [7, 11) is 1.59. The van der Waals surface area contributed by atoms with Gasteiger partial charge in [-0.05, 0) is 30.6 Å². The Morgan fingerprint density at radius 3 is 2.52 bits per heavy atom. The van der Waals surface area contributed by atoms with Crippen LogP contribution in [0.3, 0.4) is 0 Å². The number of alkyl halides is 3. The van der Waals surface area contributed by atoms with Crippen LogP contribution in [0.25, 0.3) is 0 Å². The molecule has 5 nitrogen and oxygen atoms in total. The van der Waals surface area contributed by atoms with Gasteiger partial charge in [-0.15, -0.1) is 13.2 Å². The van der Waals surface area contributed by atoms with Crippen LogP contribution in [-0.2, 0) is 9.47 Å². The Balaban J connectivity index is 4.12. The fraction of sp³-hybridized carbons (Fsp3) is 0.467. The molecule has 0 spiro atoms. The molecule has 0 saturated heterocycles. The summed E-state index contributed by atoms with van der Waals surface area (Å²) in [6.07, 6.45) is 3.19. The van der Waals surface area contributed by atoms with E-state index in [0.29, 0.717) is 12.2 Å². The fourth-order valence-corrected chi connectivity index (χ4v) is 1.06. The Morgan fingerprint density at radius 1 is 1.26 bits per heavy atom. The van der Waals surface area contributed by atoms with Crippen molar-refractivity contribution in [3.63, 3.8) is 0 Å². The van der Waals surface area contributed by atoms with Crippen LogP contribution in [0, 0.1) is 5.92 Å². The molecule has 23 heavy (non-hydrogen) atoms. The first-order valence-corrected chi connectivity index (χ1v) is 6.86. The Bertz CT molecular complexity index is 479. The summed E-state index contributed by atoms with van der Waals surface area (Å²) in [6, 6.07) is 0.286. The molecule has 0 aromatic carbocycles. The summed E-state index contributed by atoms with van der Waals surface area (Å²) in [4.78, 5) is 7.99. The van der Waals surface area contributed by atoms with E-state index in [4.69, 9.17) is 4.74 Å². The van der Waals surface area contributed by atoms with Gasteiger partial charge in [0.15, 0.2) is 0 Å². The first-order valence-electron chi connectivity index (χ1n) is 6.86. The average Bonchev–Trinajstić information content (AvgIpc) is 2.45. The maximum Gasteiger partial charge on any atom is 0.572 e. The highest BCUT2D eigenvalue weighted by molar-refractivity contribution is 5.83. The second kappa shape index (κ2) is 11.3. The highest BCUT2D eigenvalue weighted by atomic mass is 19.4. The van der Waals surface area contributed by atoms with Crippen molar-refractivity contribution in [2.24, 2.45) is 15.9 Å². The van der Waals surface area contributed by atoms with E-state index in [1.54, 1.807) is 19.5 Å². The van der Waals surface area contributed by atoms with Crippen molar-refractivity contribution in [1.29, 1.82) is 0 Å². The molecule has 0 unspecified atom stereocenters. The summed E-state index contributed by atoms with van der Waals surface area (Å²) in [6.45, 7) is 6.09. The monoisotopic (exact) mass is 333 g/mol. The maximum absolute atomic E-state index is 11.7. The van der Waals surface area contributed by atoms with Crippen molar-refractivity contribution in [3.05, 3.63) is 36.4 Å². The van der Waals surface area contributed by atoms with Crippen LogP contribution in [0.2, 0.25) is 0 Å². The van der Waals surface area contributed by atoms with Crippen molar-refractivity contribution in [2.75, 3.05) is 13.7 Å². The largest absolute Gasteiger partial charge is 0.572 e. The summed E-state index contributed by atoms with van der Waals surface area (Å²) in [5.41, 5.74) is 0.853. The number of nitrogens with one attached hydrogen (secondary N) is 1. The molecule has 0 aromatic rings. The molecule has 0 saturated carbocycles. The highest BCUT2D eigenvalue weighted by Crippen LogP contribution is 2.15. The highest BCUT2D eigenvalue weighted by Gasteiger charge is 2.28. The van der Waals surface area contributed by atoms with Gasteiger partial charge in [-0.25, -0.2) is 9.98 Å². The third-order valence-electron chi connectivity index (χ3n) is 2.02. The van der Waals surface area contributed by atoms with Gasteiger partial charge in [-0.1, -0.05) is 13.8 Å². The molecule has 0 aliphatic carbocycles. The molecule has 0 aliphatic heterocycles. The van der Waals surface area contributed by atoms with Crippen LogP contribution in [0.4, 0.5) is 13.2 Å². The lowest BCUT2D eigenvalue weighted by Crippen LogP contribution is -2.08. The SMILES string of the molecule is C/N=C(\N=C/C(C)C)OC/C(C)=C/N/C=C/C=C/OC(F)(F)F. The van der Waals surface area contributed by atoms with E-state index in [0.717, 1.165) is 11.6 Å². The lowest BCUT2D eigenvalue weighted by atomic mass is 10.3. The number of halogens is 3. The van der Waals surface area contributed by atoms with Gasteiger partial charge in [0.1, 0.15) is 6.61 Å². The third-order valence-corrected chi connectivity index (χ3v) is 2.02. The van der Waals surface area contributed by atoms with Gasteiger partial charge in [-0.2, -0.15) is 0 Å². The molecule has 0 aromatic heterocycles. The van der Waals surface area contributed by atoms with Gasteiger partial charge in [0.05, 0.1) is 6.26 Å². The Morgan fingerprint density at radius 2 is 1.96 bits per heavy atom. The van der Waals surface area contributed by atoms with Gasteiger partial charge in [0.2, 0.25) is 0 Å². The molecular weight excluding hydrogens is 311 g/mol. The van der Waals surface area contributed by atoms with Gasteiger partial charge < -0.3 is 14.8 Å². The van der Waals surface area contributed by atoms with Gasteiger partial charge in [0.25, 0.3) is 0 Å². The Labute approximate surface area is 134 Å². The molecule has 0 fully saturated rings. The second-order valence-corrected chi connectivity index (χ2v) is 4.73. The standard InChI is InChI=1S/C15H22F3N3O2/c1-12(2)9-21-14(19-4)22-11-13(3)10-20-7-5-6-8-23-15(16,17)18/h5-10,12,20H,11H2,1-4H3/b7-5+,8-6+,13-10+,19-14+,21-9-. The topological polar surface area (TPSA) is 55.2 Å². The summed E-state index contributed by atoms with van der Waals surface area (Å²) in [5.74, 6) is 0.299.